The lowest BCUT2D eigenvalue weighted by atomic mass is 10.2. The maximum atomic E-state index is 12.1. The van der Waals surface area contributed by atoms with Crippen LogP contribution in [-0.2, 0) is 6.54 Å². The van der Waals surface area contributed by atoms with Gasteiger partial charge in [0.05, 0.1) is 17.9 Å². The SMILES string of the molecule is CCNC(=NCc1ccc([N+](=O)[O-])cc1)NCCC(F)(F)F. The number of nitrogens with one attached hydrogen (secondary N) is 2. The number of non-ortho nitro benzene ring substituents is 1. The van der Waals surface area contributed by atoms with Crippen LogP contribution in [0.2, 0.25) is 0 Å². The van der Waals surface area contributed by atoms with Crippen molar-refractivity contribution in [2.45, 2.75) is 26.1 Å². The van der Waals surface area contributed by atoms with Crippen LogP contribution in [0.15, 0.2) is 29.3 Å². The van der Waals surface area contributed by atoms with E-state index in [1.807, 2.05) is 0 Å². The average Bonchev–Trinajstić information content (AvgIpc) is 2.44. The Hall–Kier alpha value is -2.32. The molecule has 0 aliphatic heterocycles. The molecule has 1 aromatic carbocycles. The number of hydrogen-bond donors (Lipinski definition) is 2. The first-order valence-corrected chi connectivity index (χ1v) is 6.64. The molecule has 0 spiro atoms. The summed E-state index contributed by atoms with van der Waals surface area (Å²) < 4.78 is 36.3. The van der Waals surface area contributed by atoms with E-state index in [1.165, 1.54) is 12.1 Å². The largest absolute Gasteiger partial charge is 0.390 e. The lowest BCUT2D eigenvalue weighted by molar-refractivity contribution is -0.384. The number of hydrogen-bond acceptors (Lipinski definition) is 3. The van der Waals surface area contributed by atoms with Crippen LogP contribution in [0.5, 0.6) is 0 Å². The number of guanidine groups is 1. The van der Waals surface area contributed by atoms with Gasteiger partial charge in [-0.3, -0.25) is 10.1 Å². The number of alkyl halides is 3. The lowest BCUT2D eigenvalue weighted by Crippen LogP contribution is -2.38. The van der Waals surface area contributed by atoms with Crippen LogP contribution in [-0.4, -0.2) is 30.1 Å². The first-order valence-electron chi connectivity index (χ1n) is 6.64. The first-order chi connectivity index (χ1) is 10.3. The van der Waals surface area contributed by atoms with Gasteiger partial charge in [-0.05, 0) is 12.5 Å². The molecule has 0 fully saturated rings. The summed E-state index contributed by atoms with van der Waals surface area (Å²) in [6.07, 6.45) is -5.17. The molecule has 0 bridgehead atoms. The quantitative estimate of drug-likeness (QED) is 0.366. The second-order valence-corrected chi connectivity index (χ2v) is 4.41. The number of nitrogens with zero attached hydrogens (tertiary/aromatic N) is 2. The Kier molecular flexibility index (Phi) is 6.61. The van der Waals surface area contributed by atoms with Gasteiger partial charge in [-0.15, -0.1) is 0 Å². The Bertz CT molecular complexity index is 515. The van der Waals surface area contributed by atoms with E-state index < -0.39 is 17.5 Å². The number of aliphatic imine (C=N–C) groups is 1. The summed E-state index contributed by atoms with van der Waals surface area (Å²) in [5, 5.41) is 15.9. The predicted octanol–water partition coefficient (Wildman–Crippen LogP) is 2.60. The van der Waals surface area contributed by atoms with Crippen molar-refractivity contribution in [1.82, 2.24) is 10.6 Å². The fourth-order valence-corrected chi connectivity index (χ4v) is 1.56. The summed E-state index contributed by atoms with van der Waals surface area (Å²) in [4.78, 5) is 14.2. The van der Waals surface area contributed by atoms with E-state index in [0.29, 0.717) is 6.54 Å². The van der Waals surface area contributed by atoms with Crippen LogP contribution in [0.3, 0.4) is 0 Å². The zero-order valence-corrected chi connectivity index (χ0v) is 12.0. The van der Waals surface area contributed by atoms with Crippen molar-refractivity contribution in [2.24, 2.45) is 4.99 Å². The zero-order chi connectivity index (χ0) is 16.6. The Labute approximate surface area is 125 Å². The molecule has 6 nitrogen and oxygen atoms in total. The van der Waals surface area contributed by atoms with E-state index in [9.17, 15) is 23.3 Å². The topological polar surface area (TPSA) is 79.6 Å². The second kappa shape index (κ2) is 8.20. The summed E-state index contributed by atoms with van der Waals surface area (Å²) in [6.45, 7) is 2.25. The molecule has 1 rings (SSSR count). The highest BCUT2D eigenvalue weighted by molar-refractivity contribution is 5.79. The molecule has 1 aromatic rings. The minimum atomic E-state index is -4.22. The van der Waals surface area contributed by atoms with Gasteiger partial charge in [0, 0.05) is 25.2 Å². The zero-order valence-electron chi connectivity index (χ0n) is 12.0. The smallest absolute Gasteiger partial charge is 0.357 e. The van der Waals surface area contributed by atoms with E-state index in [0.717, 1.165) is 5.56 Å². The number of benzene rings is 1. The van der Waals surface area contributed by atoms with E-state index in [-0.39, 0.29) is 24.7 Å². The van der Waals surface area contributed by atoms with Gasteiger partial charge in [0.2, 0.25) is 0 Å². The summed E-state index contributed by atoms with van der Waals surface area (Å²) in [6, 6.07) is 5.82. The van der Waals surface area contributed by atoms with Gasteiger partial charge >= 0.3 is 6.18 Å². The van der Waals surface area contributed by atoms with Crippen molar-refractivity contribution in [3.8, 4) is 0 Å². The van der Waals surface area contributed by atoms with Gasteiger partial charge in [0.15, 0.2) is 5.96 Å². The van der Waals surface area contributed by atoms with Crippen molar-refractivity contribution in [2.75, 3.05) is 13.1 Å². The van der Waals surface area contributed by atoms with Gasteiger partial charge in [-0.2, -0.15) is 13.2 Å². The maximum absolute atomic E-state index is 12.1. The van der Waals surface area contributed by atoms with Crippen molar-refractivity contribution < 1.29 is 18.1 Å². The molecule has 2 N–H and O–H groups in total. The van der Waals surface area contributed by atoms with Gasteiger partial charge in [-0.25, -0.2) is 4.99 Å². The maximum Gasteiger partial charge on any atom is 0.390 e. The van der Waals surface area contributed by atoms with Crippen molar-refractivity contribution >= 4 is 11.6 Å². The summed E-state index contributed by atoms with van der Waals surface area (Å²) in [5.74, 6) is 0.269. The standard InChI is InChI=1S/C13H17F3N4O2/c1-2-17-12(18-8-7-13(14,15)16)19-9-10-3-5-11(6-4-10)20(21)22/h3-6H,2,7-9H2,1H3,(H2,17,18,19). The molecule has 0 heterocycles. The van der Waals surface area contributed by atoms with Crippen LogP contribution in [0, 0.1) is 10.1 Å². The molecule has 0 atom stereocenters. The van der Waals surface area contributed by atoms with Crippen molar-refractivity contribution in [3.63, 3.8) is 0 Å². The molecule has 9 heteroatoms. The second-order valence-electron chi connectivity index (χ2n) is 4.41. The molecule has 0 aliphatic rings. The van der Waals surface area contributed by atoms with Gasteiger partial charge < -0.3 is 10.6 Å². The highest BCUT2D eigenvalue weighted by atomic mass is 19.4. The Morgan fingerprint density at radius 1 is 1.27 bits per heavy atom. The molecule has 0 aromatic heterocycles. The molecule has 0 saturated heterocycles. The summed E-state index contributed by atoms with van der Waals surface area (Å²) >= 11 is 0. The molecule has 0 aliphatic carbocycles. The lowest BCUT2D eigenvalue weighted by Gasteiger charge is -2.12. The summed E-state index contributed by atoms with van der Waals surface area (Å²) in [7, 11) is 0. The van der Waals surface area contributed by atoms with Crippen LogP contribution in [0.25, 0.3) is 0 Å². The van der Waals surface area contributed by atoms with E-state index >= 15 is 0 Å². The van der Waals surface area contributed by atoms with Crippen molar-refractivity contribution in [1.29, 1.82) is 0 Å². The number of nitro benzene ring substituents is 1. The van der Waals surface area contributed by atoms with Crippen LogP contribution in [0.4, 0.5) is 18.9 Å². The summed E-state index contributed by atoms with van der Waals surface area (Å²) in [5.41, 5.74) is 0.696. The monoisotopic (exact) mass is 318 g/mol. The third kappa shape index (κ3) is 6.91. The Balaban J connectivity index is 2.59. The third-order valence-corrected chi connectivity index (χ3v) is 2.61. The minimum Gasteiger partial charge on any atom is -0.357 e. The van der Waals surface area contributed by atoms with Crippen molar-refractivity contribution in [3.05, 3.63) is 39.9 Å². The highest BCUT2D eigenvalue weighted by Crippen LogP contribution is 2.18. The van der Waals surface area contributed by atoms with Crippen LogP contribution in [0.1, 0.15) is 18.9 Å². The predicted molar refractivity (Wildman–Crippen MR) is 76.6 cm³/mol. The molecular weight excluding hydrogens is 301 g/mol. The fraction of sp³-hybridized carbons (Fsp3) is 0.462. The molecule has 0 radical (unpaired) electrons. The van der Waals surface area contributed by atoms with Crippen LogP contribution >= 0.6 is 0 Å². The molecule has 22 heavy (non-hydrogen) atoms. The first kappa shape index (κ1) is 17.7. The van der Waals surface area contributed by atoms with E-state index in [2.05, 4.69) is 15.6 Å². The number of rotatable bonds is 6. The molecular formula is C13H17F3N4O2. The normalized spacial score (nSPS) is 12.1. The van der Waals surface area contributed by atoms with Crippen LogP contribution < -0.4 is 10.6 Å². The van der Waals surface area contributed by atoms with Gasteiger partial charge in [0.25, 0.3) is 5.69 Å². The van der Waals surface area contributed by atoms with E-state index in [1.54, 1.807) is 19.1 Å². The molecule has 0 amide bonds. The van der Waals surface area contributed by atoms with Gasteiger partial charge in [-0.1, -0.05) is 12.1 Å². The Morgan fingerprint density at radius 2 is 1.91 bits per heavy atom. The fourth-order valence-electron chi connectivity index (χ4n) is 1.56. The third-order valence-electron chi connectivity index (χ3n) is 2.61. The van der Waals surface area contributed by atoms with Gasteiger partial charge in [0.1, 0.15) is 0 Å². The molecule has 0 saturated carbocycles. The minimum absolute atomic E-state index is 0.0251. The number of halogens is 3. The number of nitro groups is 1. The average molecular weight is 318 g/mol. The van der Waals surface area contributed by atoms with E-state index in [4.69, 9.17) is 0 Å². The Morgan fingerprint density at radius 3 is 2.41 bits per heavy atom. The highest BCUT2D eigenvalue weighted by Gasteiger charge is 2.26. The molecule has 0 unspecified atom stereocenters. The molecule has 122 valence electrons.